The average Bonchev–Trinajstić information content (AvgIpc) is 3.01. The van der Waals surface area contributed by atoms with Crippen molar-refractivity contribution in [3.8, 4) is 17.0 Å². The monoisotopic (exact) mass is 357 g/mol. The SMILES string of the molecule is CC(=O)Nc1cc(-c2csc(Nc3ccc(C)c(F)c3)n2)ccc1O. The number of hydrogen-bond acceptors (Lipinski definition) is 5. The molecular weight excluding hydrogens is 341 g/mol. The molecule has 0 unspecified atom stereocenters. The number of aryl methyl sites for hydroxylation is 1. The summed E-state index contributed by atoms with van der Waals surface area (Å²) in [5.74, 6) is -0.558. The lowest BCUT2D eigenvalue weighted by molar-refractivity contribution is -0.114. The molecule has 0 atom stereocenters. The van der Waals surface area contributed by atoms with E-state index in [2.05, 4.69) is 15.6 Å². The van der Waals surface area contributed by atoms with E-state index in [9.17, 15) is 14.3 Å². The molecule has 0 bridgehead atoms. The number of aromatic hydroxyl groups is 1. The van der Waals surface area contributed by atoms with Gasteiger partial charge in [0.25, 0.3) is 0 Å². The number of amides is 1. The van der Waals surface area contributed by atoms with Crippen molar-refractivity contribution in [3.05, 3.63) is 53.2 Å². The summed E-state index contributed by atoms with van der Waals surface area (Å²) in [5.41, 5.74) is 2.97. The van der Waals surface area contributed by atoms with Gasteiger partial charge in [-0.2, -0.15) is 0 Å². The molecule has 0 saturated heterocycles. The Hall–Kier alpha value is -2.93. The van der Waals surface area contributed by atoms with Crippen LogP contribution in [0.5, 0.6) is 5.75 Å². The lowest BCUT2D eigenvalue weighted by Crippen LogP contribution is -2.05. The van der Waals surface area contributed by atoms with E-state index in [0.29, 0.717) is 27.8 Å². The molecule has 2 aromatic carbocycles. The highest BCUT2D eigenvalue weighted by Gasteiger charge is 2.10. The second-order valence-electron chi connectivity index (χ2n) is 5.54. The lowest BCUT2D eigenvalue weighted by atomic mass is 10.1. The summed E-state index contributed by atoms with van der Waals surface area (Å²) in [6, 6.07) is 9.78. The fraction of sp³-hybridized carbons (Fsp3) is 0.111. The van der Waals surface area contributed by atoms with Crippen molar-refractivity contribution < 1.29 is 14.3 Å². The number of nitrogens with one attached hydrogen (secondary N) is 2. The van der Waals surface area contributed by atoms with Crippen LogP contribution in [0, 0.1) is 12.7 Å². The minimum Gasteiger partial charge on any atom is -0.506 e. The van der Waals surface area contributed by atoms with Crippen molar-refractivity contribution in [1.82, 2.24) is 4.98 Å². The van der Waals surface area contributed by atoms with Crippen molar-refractivity contribution >= 4 is 33.8 Å². The van der Waals surface area contributed by atoms with Crippen LogP contribution in [-0.2, 0) is 4.79 Å². The molecule has 128 valence electrons. The Morgan fingerprint density at radius 1 is 1.24 bits per heavy atom. The van der Waals surface area contributed by atoms with E-state index in [0.717, 1.165) is 5.56 Å². The number of hydrogen-bond donors (Lipinski definition) is 3. The third kappa shape index (κ3) is 3.95. The Bertz CT molecular complexity index is 940. The second kappa shape index (κ2) is 6.90. The first-order valence-electron chi connectivity index (χ1n) is 7.52. The van der Waals surface area contributed by atoms with Gasteiger partial charge in [0, 0.05) is 23.6 Å². The summed E-state index contributed by atoms with van der Waals surface area (Å²) in [4.78, 5) is 15.7. The summed E-state index contributed by atoms with van der Waals surface area (Å²) >= 11 is 1.38. The summed E-state index contributed by atoms with van der Waals surface area (Å²) in [6.07, 6.45) is 0. The molecule has 0 radical (unpaired) electrons. The minimum absolute atomic E-state index is 0.0114. The van der Waals surface area contributed by atoms with Gasteiger partial charge >= 0.3 is 0 Å². The van der Waals surface area contributed by atoms with Crippen molar-refractivity contribution in [2.24, 2.45) is 0 Å². The summed E-state index contributed by atoms with van der Waals surface area (Å²) in [5, 5.41) is 17.9. The zero-order valence-corrected chi connectivity index (χ0v) is 14.4. The Kier molecular flexibility index (Phi) is 4.67. The molecule has 1 heterocycles. The van der Waals surface area contributed by atoms with E-state index < -0.39 is 0 Å². The van der Waals surface area contributed by atoms with Crippen LogP contribution >= 0.6 is 11.3 Å². The molecule has 0 aliphatic carbocycles. The van der Waals surface area contributed by atoms with Gasteiger partial charge in [-0.3, -0.25) is 4.79 Å². The normalized spacial score (nSPS) is 10.5. The van der Waals surface area contributed by atoms with Crippen molar-refractivity contribution in [2.45, 2.75) is 13.8 Å². The maximum Gasteiger partial charge on any atom is 0.221 e. The van der Waals surface area contributed by atoms with Gasteiger partial charge in [-0.05, 0) is 42.8 Å². The molecule has 0 saturated carbocycles. The summed E-state index contributed by atoms with van der Waals surface area (Å²) in [6.45, 7) is 3.08. The number of aromatic nitrogens is 1. The predicted octanol–water partition coefficient (Wildman–Crippen LogP) is 4.67. The van der Waals surface area contributed by atoms with Crippen LogP contribution in [0.15, 0.2) is 41.8 Å². The molecule has 3 aromatic rings. The zero-order chi connectivity index (χ0) is 18.0. The molecule has 0 spiro atoms. The number of anilines is 3. The first-order chi connectivity index (χ1) is 11.9. The minimum atomic E-state index is -0.278. The number of rotatable bonds is 4. The van der Waals surface area contributed by atoms with Crippen LogP contribution < -0.4 is 10.6 Å². The Balaban J connectivity index is 1.83. The Labute approximate surface area is 148 Å². The average molecular weight is 357 g/mol. The maximum absolute atomic E-state index is 13.6. The highest BCUT2D eigenvalue weighted by Crippen LogP contribution is 2.32. The fourth-order valence-corrected chi connectivity index (χ4v) is 2.98. The van der Waals surface area contributed by atoms with E-state index in [1.807, 2.05) is 5.38 Å². The largest absolute Gasteiger partial charge is 0.506 e. The Morgan fingerprint density at radius 3 is 2.76 bits per heavy atom. The number of carbonyl (C=O) groups excluding carboxylic acids is 1. The van der Waals surface area contributed by atoms with Gasteiger partial charge < -0.3 is 15.7 Å². The lowest BCUT2D eigenvalue weighted by Gasteiger charge is -2.07. The number of phenols is 1. The van der Waals surface area contributed by atoms with Gasteiger partial charge in [0.05, 0.1) is 11.4 Å². The van der Waals surface area contributed by atoms with Gasteiger partial charge in [0.15, 0.2) is 5.13 Å². The molecule has 1 amide bonds. The number of halogens is 1. The van der Waals surface area contributed by atoms with Crippen LogP contribution in [0.4, 0.5) is 20.9 Å². The summed E-state index contributed by atoms with van der Waals surface area (Å²) in [7, 11) is 0. The molecule has 0 aliphatic rings. The molecule has 5 nitrogen and oxygen atoms in total. The van der Waals surface area contributed by atoms with Crippen LogP contribution in [0.2, 0.25) is 0 Å². The Morgan fingerprint density at radius 2 is 2.04 bits per heavy atom. The van der Waals surface area contributed by atoms with Gasteiger partial charge in [0.1, 0.15) is 11.6 Å². The second-order valence-corrected chi connectivity index (χ2v) is 6.40. The van der Waals surface area contributed by atoms with Crippen LogP contribution in [0.25, 0.3) is 11.3 Å². The van der Waals surface area contributed by atoms with E-state index >= 15 is 0 Å². The smallest absolute Gasteiger partial charge is 0.221 e. The zero-order valence-electron chi connectivity index (χ0n) is 13.6. The number of phenolic OH excluding ortho intramolecular Hbond substituents is 1. The standard InChI is InChI=1S/C18H16FN3O2S/c1-10-3-5-13(8-14(10)19)21-18-22-16(9-25-18)12-4-6-17(24)15(7-12)20-11(2)23/h3-9,24H,1-2H3,(H,20,23)(H,21,22). The molecular formula is C18H16FN3O2S. The predicted molar refractivity (Wildman–Crippen MR) is 97.9 cm³/mol. The number of benzene rings is 2. The molecule has 25 heavy (non-hydrogen) atoms. The van der Waals surface area contributed by atoms with Gasteiger partial charge in [-0.15, -0.1) is 11.3 Å². The van der Waals surface area contributed by atoms with E-state index in [-0.39, 0.29) is 17.5 Å². The summed E-state index contributed by atoms with van der Waals surface area (Å²) < 4.78 is 13.6. The van der Waals surface area contributed by atoms with Crippen molar-refractivity contribution in [1.29, 1.82) is 0 Å². The van der Waals surface area contributed by atoms with Gasteiger partial charge in [-0.25, -0.2) is 9.37 Å². The number of nitrogens with zero attached hydrogens (tertiary/aromatic N) is 1. The molecule has 1 aromatic heterocycles. The third-order valence-corrected chi connectivity index (χ3v) is 4.29. The molecule has 0 fully saturated rings. The third-order valence-electron chi connectivity index (χ3n) is 3.53. The molecule has 3 rings (SSSR count). The van der Waals surface area contributed by atoms with Crippen molar-refractivity contribution in [2.75, 3.05) is 10.6 Å². The van der Waals surface area contributed by atoms with Crippen LogP contribution in [-0.4, -0.2) is 16.0 Å². The maximum atomic E-state index is 13.6. The molecule has 7 heteroatoms. The number of carbonyl (C=O) groups is 1. The molecule has 0 aliphatic heterocycles. The first kappa shape index (κ1) is 16.9. The molecule has 3 N–H and O–H groups in total. The number of thiazole rings is 1. The van der Waals surface area contributed by atoms with Crippen LogP contribution in [0.3, 0.4) is 0 Å². The highest BCUT2D eigenvalue weighted by atomic mass is 32.1. The quantitative estimate of drug-likeness (QED) is 0.594. The topological polar surface area (TPSA) is 74.2 Å². The van der Waals surface area contributed by atoms with E-state index in [4.69, 9.17) is 0 Å². The van der Waals surface area contributed by atoms with Crippen molar-refractivity contribution in [3.63, 3.8) is 0 Å². The first-order valence-corrected chi connectivity index (χ1v) is 8.40. The highest BCUT2D eigenvalue weighted by molar-refractivity contribution is 7.14. The van der Waals surface area contributed by atoms with E-state index in [1.54, 1.807) is 31.2 Å². The fourth-order valence-electron chi connectivity index (χ4n) is 2.24. The van der Waals surface area contributed by atoms with Gasteiger partial charge in [-0.1, -0.05) is 6.07 Å². The van der Waals surface area contributed by atoms with Gasteiger partial charge in [0.2, 0.25) is 5.91 Å². The van der Waals surface area contributed by atoms with E-state index in [1.165, 1.54) is 30.4 Å². The van der Waals surface area contributed by atoms with Crippen LogP contribution in [0.1, 0.15) is 12.5 Å².